The van der Waals surface area contributed by atoms with Crippen LogP contribution in [0.15, 0.2) is 0 Å². The van der Waals surface area contributed by atoms with Crippen molar-refractivity contribution in [2.75, 3.05) is 18.2 Å². The first-order chi connectivity index (χ1) is 8.38. The minimum Gasteiger partial charge on any atom is -0.480 e. The van der Waals surface area contributed by atoms with E-state index in [1.165, 1.54) is 6.92 Å². The van der Waals surface area contributed by atoms with E-state index in [0.717, 1.165) is 11.8 Å². The minimum atomic E-state index is -1.20. The fourth-order valence-electron chi connectivity index (χ4n) is 0.866. The maximum atomic E-state index is 11.3. The Hall–Kier alpha value is -1.32. The molecule has 8 nitrogen and oxygen atoms in total. The molecule has 2 amide bonds. The number of thioether (sulfide) groups is 1. The van der Waals surface area contributed by atoms with Crippen molar-refractivity contribution in [3.63, 3.8) is 0 Å². The third-order valence-electron chi connectivity index (χ3n) is 1.86. The van der Waals surface area contributed by atoms with Gasteiger partial charge in [-0.15, -0.1) is 11.8 Å². The van der Waals surface area contributed by atoms with E-state index in [2.05, 4.69) is 10.6 Å². The average Bonchev–Trinajstić information content (AvgIpc) is 2.30. The van der Waals surface area contributed by atoms with Gasteiger partial charge in [-0.2, -0.15) is 0 Å². The highest BCUT2D eigenvalue weighted by Gasteiger charge is 2.22. The summed E-state index contributed by atoms with van der Waals surface area (Å²) in [7, 11) is 0. The average molecular weight is 279 g/mol. The number of amides is 2. The zero-order valence-electron chi connectivity index (χ0n) is 9.88. The highest BCUT2D eigenvalue weighted by Crippen LogP contribution is 2.01. The molecule has 2 atom stereocenters. The first kappa shape index (κ1) is 16.7. The van der Waals surface area contributed by atoms with Gasteiger partial charge >= 0.3 is 5.97 Å². The molecular formula is C9H17N3O5S. The summed E-state index contributed by atoms with van der Waals surface area (Å²) in [5.74, 6) is -1.82. The van der Waals surface area contributed by atoms with Gasteiger partial charge in [0.15, 0.2) is 0 Å². The van der Waals surface area contributed by atoms with E-state index in [-0.39, 0.29) is 17.5 Å². The van der Waals surface area contributed by atoms with Gasteiger partial charge in [0, 0.05) is 12.7 Å². The molecule has 104 valence electrons. The number of nitrogens with one attached hydrogen (secondary N) is 2. The third kappa shape index (κ3) is 7.09. The zero-order chi connectivity index (χ0) is 14.1. The van der Waals surface area contributed by atoms with Crippen molar-refractivity contribution in [1.29, 1.82) is 0 Å². The fourth-order valence-corrected chi connectivity index (χ4v) is 1.75. The van der Waals surface area contributed by atoms with Crippen LogP contribution in [-0.2, 0) is 14.4 Å². The summed E-state index contributed by atoms with van der Waals surface area (Å²) in [5.41, 5.74) is 5.24. The van der Waals surface area contributed by atoms with Crippen LogP contribution in [0.2, 0.25) is 0 Å². The monoisotopic (exact) mass is 279 g/mol. The largest absolute Gasteiger partial charge is 0.480 e. The number of hydrogen-bond donors (Lipinski definition) is 5. The van der Waals surface area contributed by atoms with Gasteiger partial charge in [0.25, 0.3) is 0 Å². The molecule has 18 heavy (non-hydrogen) atoms. The van der Waals surface area contributed by atoms with Crippen LogP contribution < -0.4 is 16.4 Å². The van der Waals surface area contributed by atoms with Crippen molar-refractivity contribution in [1.82, 2.24) is 10.6 Å². The number of nitrogens with two attached hydrogens (primary N) is 1. The molecule has 0 saturated carbocycles. The van der Waals surface area contributed by atoms with E-state index in [1.54, 1.807) is 0 Å². The smallest absolute Gasteiger partial charge is 0.327 e. The quantitative estimate of drug-likeness (QED) is 0.248. The molecule has 0 aliphatic carbocycles. The summed E-state index contributed by atoms with van der Waals surface area (Å²) in [6.45, 7) is 0.786. The molecule has 6 N–H and O–H groups in total. The van der Waals surface area contributed by atoms with Crippen molar-refractivity contribution in [2.45, 2.75) is 19.0 Å². The van der Waals surface area contributed by atoms with E-state index in [9.17, 15) is 14.4 Å². The van der Waals surface area contributed by atoms with E-state index < -0.39 is 30.6 Å². The summed E-state index contributed by atoms with van der Waals surface area (Å²) in [5, 5.41) is 22.2. The summed E-state index contributed by atoms with van der Waals surface area (Å²) in [6.07, 6.45) is 0. The number of carboxylic acids is 1. The second-order valence-corrected chi connectivity index (χ2v) is 4.47. The van der Waals surface area contributed by atoms with Crippen LogP contribution in [0, 0.1) is 0 Å². The lowest BCUT2D eigenvalue weighted by molar-refractivity contribution is -0.141. The van der Waals surface area contributed by atoms with Crippen LogP contribution in [0.4, 0.5) is 0 Å². The molecule has 0 aliphatic rings. The number of aliphatic hydroxyl groups is 1. The van der Waals surface area contributed by atoms with Gasteiger partial charge in [0.2, 0.25) is 11.8 Å². The Morgan fingerprint density at radius 2 is 2.00 bits per heavy atom. The molecule has 0 spiro atoms. The molecule has 0 aliphatic heterocycles. The topological polar surface area (TPSA) is 142 Å². The van der Waals surface area contributed by atoms with Crippen molar-refractivity contribution in [3.05, 3.63) is 0 Å². The van der Waals surface area contributed by atoms with Crippen LogP contribution in [0.3, 0.4) is 0 Å². The van der Waals surface area contributed by atoms with Crippen molar-refractivity contribution >= 4 is 29.5 Å². The van der Waals surface area contributed by atoms with Crippen molar-refractivity contribution in [2.24, 2.45) is 5.73 Å². The van der Waals surface area contributed by atoms with Crippen molar-refractivity contribution < 1.29 is 24.6 Å². The van der Waals surface area contributed by atoms with Gasteiger partial charge in [-0.05, 0) is 0 Å². The number of aliphatic hydroxyl groups excluding tert-OH is 1. The predicted octanol–water partition coefficient (Wildman–Crippen LogP) is -2.30. The molecule has 0 radical (unpaired) electrons. The molecule has 0 bridgehead atoms. The third-order valence-corrected chi connectivity index (χ3v) is 2.77. The summed E-state index contributed by atoms with van der Waals surface area (Å²) in [4.78, 5) is 32.7. The molecule has 0 saturated heterocycles. The number of carboxylic acid groups (broad SMARTS) is 1. The lowest BCUT2D eigenvalue weighted by atomic mass is 10.2. The Labute approximate surface area is 108 Å². The summed E-state index contributed by atoms with van der Waals surface area (Å²) < 4.78 is 0. The summed E-state index contributed by atoms with van der Waals surface area (Å²) in [6, 6.07) is -2.26. The predicted molar refractivity (Wildman–Crippen MR) is 65.8 cm³/mol. The molecule has 0 rings (SSSR count). The highest BCUT2D eigenvalue weighted by molar-refractivity contribution is 7.99. The SMILES string of the molecule is CC(=O)NCSC[C@H](NC(=O)C(N)CO)C(=O)O. The molecule has 0 aromatic carbocycles. The van der Waals surface area contributed by atoms with E-state index in [0.29, 0.717) is 0 Å². The fraction of sp³-hybridized carbons (Fsp3) is 0.667. The Bertz CT molecular complexity index is 313. The maximum absolute atomic E-state index is 11.3. The minimum absolute atomic E-state index is 0.0828. The zero-order valence-corrected chi connectivity index (χ0v) is 10.7. The highest BCUT2D eigenvalue weighted by atomic mass is 32.2. The lowest BCUT2D eigenvalue weighted by Gasteiger charge is -2.16. The normalized spacial score (nSPS) is 13.5. The Morgan fingerprint density at radius 1 is 1.39 bits per heavy atom. The van der Waals surface area contributed by atoms with Crippen LogP contribution in [0.1, 0.15) is 6.92 Å². The van der Waals surface area contributed by atoms with Crippen LogP contribution in [0.25, 0.3) is 0 Å². The Balaban J connectivity index is 4.11. The second kappa shape index (κ2) is 8.72. The molecular weight excluding hydrogens is 262 g/mol. The Morgan fingerprint density at radius 3 is 2.44 bits per heavy atom. The van der Waals surface area contributed by atoms with Crippen LogP contribution in [0.5, 0.6) is 0 Å². The standard InChI is InChI=1S/C9H17N3O5S/c1-5(14)11-4-18-3-7(9(16)17)12-8(15)6(10)2-13/h6-7,13H,2-4,10H2,1H3,(H,11,14)(H,12,15)(H,16,17)/t6?,7-/m0/s1. The number of rotatable bonds is 8. The van der Waals surface area contributed by atoms with E-state index >= 15 is 0 Å². The van der Waals surface area contributed by atoms with Crippen LogP contribution in [-0.4, -0.2) is 58.3 Å². The number of carbonyl (C=O) groups excluding carboxylic acids is 2. The van der Waals surface area contributed by atoms with Crippen LogP contribution >= 0.6 is 11.8 Å². The van der Waals surface area contributed by atoms with Gasteiger partial charge in [-0.25, -0.2) is 4.79 Å². The molecule has 0 heterocycles. The van der Waals surface area contributed by atoms with E-state index in [1.807, 2.05) is 0 Å². The molecule has 0 aromatic heterocycles. The molecule has 1 unspecified atom stereocenters. The number of carbonyl (C=O) groups is 3. The summed E-state index contributed by atoms with van der Waals surface area (Å²) >= 11 is 1.15. The molecule has 0 aromatic rings. The van der Waals surface area contributed by atoms with Gasteiger partial charge < -0.3 is 26.6 Å². The number of aliphatic carboxylic acids is 1. The number of hydrogen-bond acceptors (Lipinski definition) is 6. The van der Waals surface area contributed by atoms with Gasteiger partial charge in [-0.3, -0.25) is 9.59 Å². The van der Waals surface area contributed by atoms with Gasteiger partial charge in [0.1, 0.15) is 12.1 Å². The van der Waals surface area contributed by atoms with Gasteiger partial charge in [0.05, 0.1) is 12.5 Å². The lowest BCUT2D eigenvalue weighted by Crippen LogP contribution is -2.50. The first-order valence-corrected chi connectivity index (χ1v) is 6.25. The van der Waals surface area contributed by atoms with E-state index in [4.69, 9.17) is 15.9 Å². The molecule has 0 fully saturated rings. The molecule has 9 heteroatoms. The Kier molecular flexibility index (Phi) is 8.08. The van der Waals surface area contributed by atoms with Crippen molar-refractivity contribution in [3.8, 4) is 0 Å². The first-order valence-electron chi connectivity index (χ1n) is 5.10. The maximum Gasteiger partial charge on any atom is 0.327 e. The second-order valence-electron chi connectivity index (χ2n) is 3.44. The van der Waals surface area contributed by atoms with Gasteiger partial charge in [-0.1, -0.05) is 0 Å².